The van der Waals surface area contributed by atoms with E-state index in [0.29, 0.717) is 17.4 Å². The molecule has 0 saturated carbocycles. The van der Waals surface area contributed by atoms with Gasteiger partial charge in [0.15, 0.2) is 5.37 Å². The number of pyridine rings is 1. The number of fused-ring (bicyclic) bond motifs is 1. The topological polar surface area (TPSA) is 125 Å². The Morgan fingerprint density at radius 1 is 1.24 bits per heavy atom. The molecule has 1 atom stereocenters. The normalized spacial score (nSPS) is 16.9. The van der Waals surface area contributed by atoms with Crippen LogP contribution in [0.15, 0.2) is 47.5 Å². The molecule has 1 aliphatic carbocycles. The number of methoxy groups -OCH3 is 1. The summed E-state index contributed by atoms with van der Waals surface area (Å²) < 4.78 is 33.0. The van der Waals surface area contributed by atoms with Gasteiger partial charge in [-0.3, -0.25) is 4.99 Å². The van der Waals surface area contributed by atoms with Crippen LogP contribution in [0.2, 0.25) is 0 Å². The van der Waals surface area contributed by atoms with Crippen LogP contribution >= 0.6 is 0 Å². The van der Waals surface area contributed by atoms with Gasteiger partial charge >= 0.3 is 6.03 Å². The van der Waals surface area contributed by atoms with E-state index in [-0.39, 0.29) is 0 Å². The van der Waals surface area contributed by atoms with Gasteiger partial charge in [0.2, 0.25) is 5.88 Å². The number of aryl methyl sites for hydroxylation is 1. The Kier molecular flexibility index (Phi) is 6.23. The maximum atomic E-state index is 12.9. The Bertz CT molecular complexity index is 1240. The minimum atomic E-state index is -4.09. The highest BCUT2D eigenvalue weighted by Gasteiger charge is 2.29. The van der Waals surface area contributed by atoms with Crippen molar-refractivity contribution in [1.82, 2.24) is 19.9 Å². The molecule has 0 saturated heterocycles. The van der Waals surface area contributed by atoms with Gasteiger partial charge in [-0.1, -0.05) is 12.1 Å². The highest BCUT2D eigenvalue weighted by atomic mass is 32.2. The van der Waals surface area contributed by atoms with Crippen LogP contribution in [0.1, 0.15) is 17.5 Å². The van der Waals surface area contributed by atoms with E-state index in [1.54, 1.807) is 31.3 Å². The highest BCUT2D eigenvalue weighted by Crippen LogP contribution is 2.38. The largest absolute Gasteiger partial charge is 0.481 e. The fourth-order valence-electron chi connectivity index (χ4n) is 3.88. The number of nitrogens with one attached hydrogen (secondary N) is 3. The number of aromatic nitrogens is 1. The number of sulfonamides is 1. The number of nitrogens with zero attached hydrogens (tertiary/aromatic N) is 3. The molecule has 2 amide bonds. The van der Waals surface area contributed by atoms with Crippen molar-refractivity contribution in [1.29, 1.82) is 0 Å². The number of urea groups is 1. The van der Waals surface area contributed by atoms with Crippen LogP contribution in [0.25, 0.3) is 11.1 Å². The summed E-state index contributed by atoms with van der Waals surface area (Å²) in [4.78, 5) is 22.7. The Labute approximate surface area is 192 Å². The minimum absolute atomic E-state index is 0.443. The smallest absolute Gasteiger partial charge is 0.332 e. The van der Waals surface area contributed by atoms with E-state index in [4.69, 9.17) is 4.74 Å². The fraction of sp³-hybridized carbons (Fsp3) is 0.318. The first kappa shape index (κ1) is 22.6. The molecule has 2 heterocycles. The SMILES string of the molecule is COc1cc(-c2ccc3c(c2NC(=O)NS(=O)(=O)C2C=NC=C(N(C)C)N2)CCC3)ccn1. The third-order valence-electron chi connectivity index (χ3n) is 5.54. The van der Waals surface area contributed by atoms with Crippen LogP contribution < -0.4 is 20.1 Å². The lowest BCUT2D eigenvalue weighted by Gasteiger charge is -2.25. The fourth-order valence-corrected chi connectivity index (χ4v) is 4.83. The molecule has 4 rings (SSSR count). The number of ether oxygens (including phenoxy) is 1. The first-order valence-corrected chi connectivity index (χ1v) is 12.0. The van der Waals surface area contributed by atoms with Gasteiger partial charge in [-0.05, 0) is 42.0 Å². The zero-order valence-electron chi connectivity index (χ0n) is 18.6. The predicted molar refractivity (Wildman–Crippen MR) is 127 cm³/mol. The molecular weight excluding hydrogens is 444 g/mol. The van der Waals surface area contributed by atoms with Gasteiger partial charge in [-0.2, -0.15) is 0 Å². The third-order valence-corrected chi connectivity index (χ3v) is 6.91. The second kappa shape index (κ2) is 9.10. The molecule has 0 bridgehead atoms. The number of aliphatic imine (C=N–C) groups is 1. The maximum absolute atomic E-state index is 12.9. The summed E-state index contributed by atoms with van der Waals surface area (Å²) in [6.45, 7) is 0. The summed E-state index contributed by atoms with van der Waals surface area (Å²) >= 11 is 0. The van der Waals surface area contributed by atoms with E-state index in [0.717, 1.165) is 41.5 Å². The Morgan fingerprint density at radius 2 is 2.06 bits per heavy atom. The Balaban J connectivity index is 1.60. The zero-order chi connectivity index (χ0) is 23.6. The minimum Gasteiger partial charge on any atom is -0.481 e. The van der Waals surface area contributed by atoms with Crippen molar-refractivity contribution in [3.8, 4) is 17.0 Å². The molecule has 1 aromatic carbocycles. The molecule has 2 aliphatic rings. The molecule has 3 N–H and O–H groups in total. The summed E-state index contributed by atoms with van der Waals surface area (Å²) in [5.41, 5.74) is 4.30. The Morgan fingerprint density at radius 3 is 2.82 bits per heavy atom. The van der Waals surface area contributed by atoms with Crippen LogP contribution in [0, 0.1) is 0 Å². The summed E-state index contributed by atoms with van der Waals surface area (Å²) in [6, 6.07) is 6.72. The molecule has 174 valence electrons. The van der Waals surface area contributed by atoms with E-state index in [9.17, 15) is 13.2 Å². The van der Waals surface area contributed by atoms with Crippen molar-refractivity contribution in [2.45, 2.75) is 24.6 Å². The van der Waals surface area contributed by atoms with Crippen LogP contribution in [0.5, 0.6) is 5.88 Å². The van der Waals surface area contributed by atoms with Gasteiger partial charge in [-0.15, -0.1) is 0 Å². The second-order valence-electron chi connectivity index (χ2n) is 7.94. The quantitative estimate of drug-likeness (QED) is 0.590. The number of rotatable bonds is 6. The first-order chi connectivity index (χ1) is 15.8. The number of benzene rings is 1. The van der Waals surface area contributed by atoms with Crippen molar-refractivity contribution in [3.63, 3.8) is 0 Å². The number of amides is 2. The molecule has 0 spiro atoms. The van der Waals surface area contributed by atoms with Gasteiger partial charge in [0.25, 0.3) is 10.0 Å². The number of carbonyl (C=O) groups excluding carboxylic acids is 1. The summed E-state index contributed by atoms with van der Waals surface area (Å²) in [7, 11) is 0.960. The van der Waals surface area contributed by atoms with Gasteiger partial charge in [0, 0.05) is 38.1 Å². The summed E-state index contributed by atoms with van der Waals surface area (Å²) in [6.07, 6.45) is 7.04. The predicted octanol–water partition coefficient (Wildman–Crippen LogP) is 2.06. The standard InChI is InChI=1S/C22H26N6O4S/c1-28(2)18-12-23-13-20(25-18)33(30,31)27-22(29)26-21-16-6-4-5-14(16)7-8-17(21)15-9-10-24-19(11-15)32-3/h7-13,20,25H,4-6H2,1-3H3,(H2,26,27,29). The summed E-state index contributed by atoms with van der Waals surface area (Å²) in [5.74, 6) is 0.960. The van der Waals surface area contributed by atoms with E-state index in [2.05, 4.69) is 25.3 Å². The molecular formula is C22H26N6O4S. The lowest BCUT2D eigenvalue weighted by Crippen LogP contribution is -2.50. The van der Waals surface area contributed by atoms with Crippen molar-refractivity contribution in [2.24, 2.45) is 4.99 Å². The van der Waals surface area contributed by atoms with Crippen molar-refractivity contribution >= 4 is 28.0 Å². The number of hydrogen-bond donors (Lipinski definition) is 3. The molecule has 0 radical (unpaired) electrons. The average molecular weight is 471 g/mol. The molecule has 11 heteroatoms. The van der Waals surface area contributed by atoms with Gasteiger partial charge < -0.3 is 20.3 Å². The zero-order valence-corrected chi connectivity index (χ0v) is 19.4. The molecule has 2 aromatic rings. The third kappa shape index (κ3) is 4.77. The van der Waals surface area contributed by atoms with E-state index in [1.165, 1.54) is 19.5 Å². The van der Waals surface area contributed by atoms with Crippen molar-refractivity contribution < 1.29 is 17.9 Å². The first-order valence-electron chi connectivity index (χ1n) is 10.4. The number of hydrogen-bond acceptors (Lipinski definition) is 8. The number of carbonyl (C=O) groups is 1. The molecule has 33 heavy (non-hydrogen) atoms. The summed E-state index contributed by atoms with van der Waals surface area (Å²) in [5, 5.41) is 4.44. The molecule has 10 nitrogen and oxygen atoms in total. The number of anilines is 1. The van der Waals surface area contributed by atoms with E-state index < -0.39 is 21.4 Å². The lowest BCUT2D eigenvalue weighted by atomic mass is 9.98. The van der Waals surface area contributed by atoms with Crippen LogP contribution in [0.4, 0.5) is 10.5 Å². The highest BCUT2D eigenvalue weighted by molar-refractivity contribution is 7.91. The molecule has 1 aromatic heterocycles. The van der Waals surface area contributed by atoms with Crippen molar-refractivity contribution in [3.05, 3.63) is 53.6 Å². The molecule has 1 aliphatic heterocycles. The Hall–Kier alpha value is -3.60. The van der Waals surface area contributed by atoms with E-state index in [1.807, 2.05) is 18.2 Å². The maximum Gasteiger partial charge on any atom is 0.332 e. The van der Waals surface area contributed by atoms with Crippen molar-refractivity contribution in [2.75, 3.05) is 26.5 Å². The van der Waals surface area contributed by atoms with Crippen LogP contribution in [0.3, 0.4) is 0 Å². The van der Waals surface area contributed by atoms with Gasteiger partial charge in [-0.25, -0.2) is 22.9 Å². The van der Waals surface area contributed by atoms with Gasteiger partial charge in [0.1, 0.15) is 5.82 Å². The van der Waals surface area contributed by atoms with Crippen LogP contribution in [-0.4, -0.2) is 57.1 Å². The second-order valence-corrected chi connectivity index (χ2v) is 9.74. The molecule has 1 unspecified atom stereocenters. The van der Waals surface area contributed by atoms with Gasteiger partial charge in [0.05, 0.1) is 19.0 Å². The molecule has 0 fully saturated rings. The van der Waals surface area contributed by atoms with Crippen LogP contribution in [-0.2, 0) is 22.9 Å². The van der Waals surface area contributed by atoms with E-state index >= 15 is 0 Å². The monoisotopic (exact) mass is 470 g/mol. The lowest BCUT2D eigenvalue weighted by molar-refractivity contribution is 0.256. The average Bonchev–Trinajstić information content (AvgIpc) is 3.28.